The monoisotopic (exact) mass is 282 g/mol. The molecule has 114 valence electrons. The summed E-state index contributed by atoms with van der Waals surface area (Å²) in [6.07, 6.45) is 5.14. The SMILES string of the molecule is CCOC(C)CN1CCC(=O)NC2(CCCCC2)C1=O. The fourth-order valence-electron chi connectivity index (χ4n) is 3.34. The van der Waals surface area contributed by atoms with Crippen molar-refractivity contribution in [1.29, 1.82) is 0 Å². The molecule has 0 aromatic carbocycles. The Morgan fingerprint density at radius 1 is 1.30 bits per heavy atom. The third kappa shape index (κ3) is 3.32. The van der Waals surface area contributed by atoms with Crippen LogP contribution in [0.15, 0.2) is 0 Å². The number of rotatable bonds is 4. The first kappa shape index (κ1) is 15.3. The molecular formula is C15H26N2O3. The van der Waals surface area contributed by atoms with Crippen molar-refractivity contribution in [3.8, 4) is 0 Å². The number of hydrogen-bond acceptors (Lipinski definition) is 3. The Bertz CT molecular complexity index is 364. The molecular weight excluding hydrogens is 256 g/mol. The molecule has 0 bridgehead atoms. The molecule has 1 aliphatic heterocycles. The van der Waals surface area contributed by atoms with Gasteiger partial charge in [-0.3, -0.25) is 9.59 Å². The minimum atomic E-state index is -0.641. The standard InChI is InChI=1S/C15H26N2O3/c1-3-20-12(2)11-17-10-7-13(18)16-15(14(17)19)8-5-4-6-9-15/h12H,3-11H2,1-2H3,(H,16,18). The molecule has 1 saturated carbocycles. The number of nitrogens with one attached hydrogen (secondary N) is 1. The molecule has 0 radical (unpaired) electrons. The first-order valence-corrected chi connectivity index (χ1v) is 7.79. The molecule has 2 fully saturated rings. The first-order chi connectivity index (χ1) is 9.57. The van der Waals surface area contributed by atoms with E-state index < -0.39 is 5.54 Å². The maximum atomic E-state index is 12.9. The summed E-state index contributed by atoms with van der Waals surface area (Å²) in [6.45, 7) is 5.65. The van der Waals surface area contributed by atoms with Crippen LogP contribution in [0.4, 0.5) is 0 Å². The molecule has 2 amide bonds. The largest absolute Gasteiger partial charge is 0.377 e. The van der Waals surface area contributed by atoms with E-state index in [1.54, 1.807) is 0 Å². The summed E-state index contributed by atoms with van der Waals surface area (Å²) >= 11 is 0. The molecule has 1 spiro atoms. The van der Waals surface area contributed by atoms with Gasteiger partial charge < -0.3 is 15.0 Å². The van der Waals surface area contributed by atoms with Crippen LogP contribution in [0.2, 0.25) is 0 Å². The van der Waals surface area contributed by atoms with Crippen molar-refractivity contribution in [3.63, 3.8) is 0 Å². The highest BCUT2D eigenvalue weighted by Crippen LogP contribution is 2.31. The third-order valence-electron chi connectivity index (χ3n) is 4.32. The van der Waals surface area contributed by atoms with Crippen LogP contribution in [0.3, 0.4) is 0 Å². The Morgan fingerprint density at radius 2 is 2.00 bits per heavy atom. The molecule has 5 nitrogen and oxygen atoms in total. The third-order valence-corrected chi connectivity index (χ3v) is 4.32. The number of nitrogens with zero attached hydrogens (tertiary/aromatic N) is 1. The first-order valence-electron chi connectivity index (χ1n) is 7.79. The fourth-order valence-corrected chi connectivity index (χ4v) is 3.34. The predicted molar refractivity (Wildman–Crippen MR) is 76.2 cm³/mol. The zero-order valence-corrected chi connectivity index (χ0v) is 12.6. The Labute approximate surface area is 121 Å². The zero-order chi connectivity index (χ0) is 14.6. The molecule has 1 saturated heterocycles. The molecule has 1 aliphatic carbocycles. The zero-order valence-electron chi connectivity index (χ0n) is 12.6. The summed E-state index contributed by atoms with van der Waals surface area (Å²) in [5, 5.41) is 3.01. The molecule has 5 heteroatoms. The van der Waals surface area contributed by atoms with Gasteiger partial charge in [0.25, 0.3) is 0 Å². The Kier molecular flexibility index (Phi) is 5.02. The fraction of sp³-hybridized carbons (Fsp3) is 0.867. The molecule has 0 aromatic rings. The molecule has 2 rings (SSSR count). The Hall–Kier alpha value is -1.10. The van der Waals surface area contributed by atoms with Gasteiger partial charge in [0.05, 0.1) is 6.10 Å². The lowest BCUT2D eigenvalue weighted by atomic mass is 9.80. The van der Waals surface area contributed by atoms with Crippen molar-refractivity contribution in [2.75, 3.05) is 19.7 Å². The van der Waals surface area contributed by atoms with Crippen LogP contribution in [0.1, 0.15) is 52.4 Å². The van der Waals surface area contributed by atoms with E-state index in [0.29, 0.717) is 26.1 Å². The molecule has 20 heavy (non-hydrogen) atoms. The van der Waals surface area contributed by atoms with Gasteiger partial charge in [0.1, 0.15) is 5.54 Å². The molecule has 0 aromatic heterocycles. The van der Waals surface area contributed by atoms with E-state index in [-0.39, 0.29) is 17.9 Å². The van der Waals surface area contributed by atoms with E-state index >= 15 is 0 Å². The maximum Gasteiger partial charge on any atom is 0.248 e. The molecule has 2 aliphatic rings. The Morgan fingerprint density at radius 3 is 2.65 bits per heavy atom. The second-order valence-corrected chi connectivity index (χ2v) is 5.96. The summed E-state index contributed by atoms with van der Waals surface area (Å²) in [5.41, 5.74) is -0.641. The number of carbonyl (C=O) groups is 2. The lowest BCUT2D eigenvalue weighted by Crippen LogP contribution is -2.58. The topological polar surface area (TPSA) is 58.6 Å². The average Bonchev–Trinajstić information content (AvgIpc) is 2.53. The van der Waals surface area contributed by atoms with Crippen molar-refractivity contribution in [1.82, 2.24) is 10.2 Å². The van der Waals surface area contributed by atoms with Crippen LogP contribution in [0.5, 0.6) is 0 Å². The van der Waals surface area contributed by atoms with Gasteiger partial charge in [-0.15, -0.1) is 0 Å². The van der Waals surface area contributed by atoms with E-state index in [2.05, 4.69) is 5.32 Å². The summed E-state index contributed by atoms with van der Waals surface area (Å²) < 4.78 is 5.54. The van der Waals surface area contributed by atoms with E-state index in [0.717, 1.165) is 32.1 Å². The summed E-state index contributed by atoms with van der Waals surface area (Å²) in [6, 6.07) is 0. The van der Waals surface area contributed by atoms with Crippen molar-refractivity contribution >= 4 is 11.8 Å². The Balaban J connectivity index is 2.12. The number of ether oxygens (including phenoxy) is 1. The van der Waals surface area contributed by atoms with Crippen molar-refractivity contribution in [2.45, 2.75) is 64.0 Å². The quantitative estimate of drug-likeness (QED) is 0.849. The number of amides is 2. The van der Waals surface area contributed by atoms with Crippen LogP contribution in [0, 0.1) is 0 Å². The highest BCUT2D eigenvalue weighted by molar-refractivity contribution is 5.93. The minimum Gasteiger partial charge on any atom is -0.377 e. The van der Waals surface area contributed by atoms with Gasteiger partial charge in [0.15, 0.2) is 0 Å². The van der Waals surface area contributed by atoms with Gasteiger partial charge in [-0.2, -0.15) is 0 Å². The second-order valence-electron chi connectivity index (χ2n) is 5.96. The number of carbonyl (C=O) groups excluding carboxylic acids is 2. The van der Waals surface area contributed by atoms with Gasteiger partial charge in [-0.05, 0) is 26.7 Å². The lowest BCUT2D eigenvalue weighted by Gasteiger charge is -2.38. The normalized spacial score (nSPS) is 24.4. The van der Waals surface area contributed by atoms with Crippen molar-refractivity contribution in [2.24, 2.45) is 0 Å². The molecule has 1 unspecified atom stereocenters. The summed E-state index contributed by atoms with van der Waals surface area (Å²) in [5.74, 6) is 0.0985. The average molecular weight is 282 g/mol. The van der Waals surface area contributed by atoms with E-state index in [4.69, 9.17) is 4.74 Å². The maximum absolute atomic E-state index is 12.9. The number of hydrogen-bond donors (Lipinski definition) is 1. The van der Waals surface area contributed by atoms with Crippen molar-refractivity contribution < 1.29 is 14.3 Å². The van der Waals surface area contributed by atoms with E-state index in [9.17, 15) is 9.59 Å². The highest BCUT2D eigenvalue weighted by atomic mass is 16.5. The van der Waals surface area contributed by atoms with E-state index in [1.807, 2.05) is 18.7 Å². The lowest BCUT2D eigenvalue weighted by molar-refractivity contribution is -0.141. The molecule has 1 atom stereocenters. The van der Waals surface area contributed by atoms with Crippen LogP contribution in [-0.2, 0) is 14.3 Å². The van der Waals surface area contributed by atoms with Crippen LogP contribution < -0.4 is 5.32 Å². The highest BCUT2D eigenvalue weighted by Gasteiger charge is 2.45. The van der Waals surface area contributed by atoms with E-state index in [1.165, 1.54) is 0 Å². The van der Waals surface area contributed by atoms with Crippen molar-refractivity contribution in [3.05, 3.63) is 0 Å². The van der Waals surface area contributed by atoms with Gasteiger partial charge in [-0.1, -0.05) is 19.3 Å². The summed E-state index contributed by atoms with van der Waals surface area (Å²) in [4.78, 5) is 26.6. The summed E-state index contributed by atoms with van der Waals surface area (Å²) in [7, 11) is 0. The van der Waals surface area contributed by atoms with Crippen LogP contribution in [-0.4, -0.2) is 48.1 Å². The van der Waals surface area contributed by atoms with Gasteiger partial charge in [-0.25, -0.2) is 0 Å². The smallest absolute Gasteiger partial charge is 0.248 e. The van der Waals surface area contributed by atoms with Gasteiger partial charge in [0.2, 0.25) is 11.8 Å². The van der Waals surface area contributed by atoms with Gasteiger partial charge >= 0.3 is 0 Å². The second kappa shape index (κ2) is 6.57. The van der Waals surface area contributed by atoms with Crippen LogP contribution >= 0.6 is 0 Å². The molecule has 1 N–H and O–H groups in total. The minimum absolute atomic E-state index is 0.00631. The molecule has 1 heterocycles. The predicted octanol–water partition coefficient (Wildman–Crippen LogP) is 1.46. The van der Waals surface area contributed by atoms with Gasteiger partial charge in [0, 0.05) is 26.1 Å². The van der Waals surface area contributed by atoms with Crippen LogP contribution in [0.25, 0.3) is 0 Å².